The third-order valence-corrected chi connectivity index (χ3v) is 3.66. The lowest BCUT2D eigenvalue weighted by molar-refractivity contribution is -0.384. The van der Waals surface area contributed by atoms with E-state index in [1.165, 1.54) is 30.6 Å². The first kappa shape index (κ1) is 14.9. The Bertz CT molecular complexity index is 704. The summed E-state index contributed by atoms with van der Waals surface area (Å²) in [6, 6.07) is 5.91. The Morgan fingerprint density at radius 2 is 2.05 bits per heavy atom. The fourth-order valence-corrected chi connectivity index (χ4v) is 2.46. The smallest absolute Gasteiger partial charge is 0.340 e. The average molecular weight is 304 g/mol. The molecule has 108 valence electrons. The molecule has 0 fully saturated rings. The Morgan fingerprint density at radius 3 is 2.52 bits per heavy atom. The van der Waals surface area contributed by atoms with Crippen molar-refractivity contribution in [2.24, 2.45) is 0 Å². The molecule has 0 aliphatic heterocycles. The standard InChI is InChI=1S/C14H12N2O4S/c1-9-8-21-13(15-9)12(14(17)20-2)7-10-3-5-11(6-4-10)16(18)19/h3-8H,1-2H3/b12-7-. The highest BCUT2D eigenvalue weighted by Gasteiger charge is 2.16. The highest BCUT2D eigenvalue weighted by Crippen LogP contribution is 2.24. The molecule has 0 aliphatic carbocycles. The molecule has 0 radical (unpaired) electrons. The van der Waals surface area contributed by atoms with E-state index < -0.39 is 10.9 Å². The minimum atomic E-state index is -0.497. The summed E-state index contributed by atoms with van der Waals surface area (Å²) in [4.78, 5) is 26.3. The molecular weight excluding hydrogens is 292 g/mol. The molecule has 0 saturated heterocycles. The molecular formula is C14H12N2O4S. The van der Waals surface area contributed by atoms with E-state index in [-0.39, 0.29) is 5.69 Å². The number of hydrogen-bond acceptors (Lipinski definition) is 6. The molecule has 0 aliphatic rings. The molecule has 0 unspecified atom stereocenters. The number of ether oxygens (including phenoxy) is 1. The van der Waals surface area contributed by atoms with E-state index in [9.17, 15) is 14.9 Å². The normalized spacial score (nSPS) is 11.2. The van der Waals surface area contributed by atoms with E-state index in [0.717, 1.165) is 5.69 Å². The van der Waals surface area contributed by atoms with Crippen LogP contribution in [0, 0.1) is 17.0 Å². The number of carbonyl (C=O) groups is 1. The van der Waals surface area contributed by atoms with Crippen molar-refractivity contribution in [3.05, 3.63) is 56.0 Å². The lowest BCUT2D eigenvalue weighted by Gasteiger charge is -2.02. The number of esters is 1. The number of rotatable bonds is 4. The van der Waals surface area contributed by atoms with Crippen molar-refractivity contribution in [1.82, 2.24) is 4.98 Å². The molecule has 1 aromatic carbocycles. The minimum Gasteiger partial charge on any atom is -0.465 e. The molecule has 6 nitrogen and oxygen atoms in total. The van der Waals surface area contributed by atoms with Crippen LogP contribution in [0.15, 0.2) is 29.6 Å². The summed E-state index contributed by atoms with van der Waals surface area (Å²) in [6.07, 6.45) is 1.60. The number of non-ortho nitro benzene ring substituents is 1. The number of benzene rings is 1. The molecule has 0 saturated carbocycles. The van der Waals surface area contributed by atoms with Crippen LogP contribution in [0.25, 0.3) is 11.6 Å². The fourth-order valence-electron chi connectivity index (χ4n) is 1.65. The van der Waals surface area contributed by atoms with Crippen molar-refractivity contribution in [2.75, 3.05) is 7.11 Å². The van der Waals surface area contributed by atoms with E-state index >= 15 is 0 Å². The van der Waals surface area contributed by atoms with Gasteiger partial charge in [0.25, 0.3) is 5.69 Å². The van der Waals surface area contributed by atoms with E-state index in [4.69, 9.17) is 4.74 Å². The Labute approximate surface area is 124 Å². The van der Waals surface area contributed by atoms with Gasteiger partial charge in [-0.15, -0.1) is 11.3 Å². The topological polar surface area (TPSA) is 82.3 Å². The Kier molecular flexibility index (Phi) is 4.44. The zero-order chi connectivity index (χ0) is 15.4. The van der Waals surface area contributed by atoms with Gasteiger partial charge in [0, 0.05) is 23.2 Å². The molecule has 0 spiro atoms. The largest absolute Gasteiger partial charge is 0.465 e. The quantitative estimate of drug-likeness (QED) is 0.375. The number of nitro groups is 1. The molecule has 0 bridgehead atoms. The van der Waals surface area contributed by atoms with Gasteiger partial charge in [0.15, 0.2) is 0 Å². The Balaban J connectivity index is 2.40. The summed E-state index contributed by atoms with van der Waals surface area (Å²) in [5.41, 5.74) is 1.80. The number of aromatic nitrogens is 1. The van der Waals surface area contributed by atoms with Crippen molar-refractivity contribution in [2.45, 2.75) is 6.92 Å². The molecule has 1 aromatic heterocycles. The summed E-state index contributed by atoms with van der Waals surface area (Å²) in [7, 11) is 1.30. The van der Waals surface area contributed by atoms with Crippen LogP contribution in [0.5, 0.6) is 0 Å². The lowest BCUT2D eigenvalue weighted by Crippen LogP contribution is -2.03. The van der Waals surface area contributed by atoms with Crippen LogP contribution in [-0.4, -0.2) is 23.0 Å². The number of methoxy groups -OCH3 is 1. The van der Waals surface area contributed by atoms with Gasteiger partial charge in [-0.25, -0.2) is 9.78 Å². The monoisotopic (exact) mass is 304 g/mol. The zero-order valence-electron chi connectivity index (χ0n) is 11.4. The first-order chi connectivity index (χ1) is 10.0. The maximum absolute atomic E-state index is 11.9. The number of aryl methyl sites for hydroxylation is 1. The molecule has 0 N–H and O–H groups in total. The summed E-state index contributed by atoms with van der Waals surface area (Å²) >= 11 is 1.34. The van der Waals surface area contributed by atoms with Crippen LogP contribution >= 0.6 is 11.3 Å². The molecule has 0 amide bonds. The molecule has 1 heterocycles. The zero-order valence-corrected chi connectivity index (χ0v) is 12.2. The average Bonchev–Trinajstić information content (AvgIpc) is 2.90. The lowest BCUT2D eigenvalue weighted by atomic mass is 10.1. The van der Waals surface area contributed by atoms with Gasteiger partial charge < -0.3 is 4.74 Å². The van der Waals surface area contributed by atoms with Crippen LogP contribution in [0.2, 0.25) is 0 Å². The Hall–Kier alpha value is -2.54. The third-order valence-electron chi connectivity index (χ3n) is 2.67. The van der Waals surface area contributed by atoms with Crippen molar-refractivity contribution in [1.29, 1.82) is 0 Å². The molecule has 7 heteroatoms. The second kappa shape index (κ2) is 6.27. The van der Waals surface area contributed by atoms with Gasteiger partial charge in [0.05, 0.1) is 17.6 Å². The van der Waals surface area contributed by atoms with Gasteiger partial charge in [0.2, 0.25) is 0 Å². The van der Waals surface area contributed by atoms with E-state index in [1.807, 2.05) is 12.3 Å². The number of carbonyl (C=O) groups excluding carboxylic acids is 1. The molecule has 2 rings (SSSR count). The van der Waals surface area contributed by atoms with E-state index in [1.54, 1.807) is 18.2 Å². The highest BCUT2D eigenvalue weighted by atomic mass is 32.1. The van der Waals surface area contributed by atoms with Gasteiger partial charge in [-0.3, -0.25) is 10.1 Å². The molecule has 2 aromatic rings. The maximum Gasteiger partial charge on any atom is 0.340 e. The second-order valence-corrected chi connectivity index (χ2v) is 5.05. The fraction of sp³-hybridized carbons (Fsp3) is 0.143. The molecule has 0 atom stereocenters. The van der Waals surface area contributed by atoms with Gasteiger partial charge in [0.1, 0.15) is 5.01 Å². The van der Waals surface area contributed by atoms with Crippen LogP contribution in [0.4, 0.5) is 5.69 Å². The van der Waals surface area contributed by atoms with Crippen LogP contribution in [0.1, 0.15) is 16.3 Å². The minimum absolute atomic E-state index is 0.00291. The van der Waals surface area contributed by atoms with Gasteiger partial charge >= 0.3 is 5.97 Å². The van der Waals surface area contributed by atoms with Crippen LogP contribution in [0.3, 0.4) is 0 Å². The van der Waals surface area contributed by atoms with Crippen molar-refractivity contribution < 1.29 is 14.5 Å². The number of thiazole rings is 1. The van der Waals surface area contributed by atoms with Crippen LogP contribution in [-0.2, 0) is 9.53 Å². The predicted molar refractivity (Wildman–Crippen MR) is 79.8 cm³/mol. The maximum atomic E-state index is 11.9. The summed E-state index contributed by atoms with van der Waals surface area (Å²) in [5.74, 6) is -0.497. The van der Waals surface area contributed by atoms with Crippen molar-refractivity contribution in [3.63, 3.8) is 0 Å². The first-order valence-electron chi connectivity index (χ1n) is 5.98. The van der Waals surface area contributed by atoms with Crippen LogP contribution < -0.4 is 0 Å². The highest BCUT2D eigenvalue weighted by molar-refractivity contribution is 7.11. The number of nitrogens with zero attached hydrogens (tertiary/aromatic N) is 2. The summed E-state index contributed by atoms with van der Waals surface area (Å²) < 4.78 is 4.76. The van der Waals surface area contributed by atoms with Gasteiger partial charge in [-0.05, 0) is 30.7 Å². The summed E-state index contributed by atoms with van der Waals surface area (Å²) in [6.45, 7) is 1.83. The second-order valence-electron chi connectivity index (χ2n) is 4.19. The third kappa shape index (κ3) is 3.51. The van der Waals surface area contributed by atoms with E-state index in [2.05, 4.69) is 4.98 Å². The van der Waals surface area contributed by atoms with Gasteiger partial charge in [-0.1, -0.05) is 0 Å². The van der Waals surface area contributed by atoms with E-state index in [0.29, 0.717) is 16.1 Å². The summed E-state index contributed by atoms with van der Waals surface area (Å²) in [5, 5.41) is 13.0. The number of nitro benzene ring substituents is 1. The SMILES string of the molecule is COC(=O)/C(=C\c1ccc([N+](=O)[O-])cc1)c1nc(C)cs1. The van der Waals surface area contributed by atoms with Crippen molar-refractivity contribution in [3.8, 4) is 0 Å². The molecule has 21 heavy (non-hydrogen) atoms. The Morgan fingerprint density at radius 1 is 1.38 bits per heavy atom. The van der Waals surface area contributed by atoms with Crippen molar-refractivity contribution >= 4 is 34.6 Å². The first-order valence-corrected chi connectivity index (χ1v) is 6.86. The van der Waals surface area contributed by atoms with Gasteiger partial charge in [-0.2, -0.15) is 0 Å². The number of hydrogen-bond donors (Lipinski definition) is 0. The predicted octanol–water partition coefficient (Wildman–Crippen LogP) is 3.07.